The van der Waals surface area contributed by atoms with Crippen molar-refractivity contribution in [3.05, 3.63) is 0 Å². The van der Waals surface area contributed by atoms with Crippen molar-refractivity contribution in [2.45, 2.75) is 26.3 Å². The van der Waals surface area contributed by atoms with Crippen LogP contribution in [0.5, 0.6) is 0 Å². The molecule has 1 amide bonds. The maximum atomic E-state index is 12.5. The van der Waals surface area contributed by atoms with Crippen LogP contribution in [-0.2, 0) is 9.59 Å². The quantitative estimate of drug-likeness (QED) is 0.729. The maximum absolute atomic E-state index is 12.5. The van der Waals surface area contributed by atoms with Crippen LogP contribution >= 0.6 is 0 Å². The minimum atomic E-state index is -0.799. The second-order valence-electron chi connectivity index (χ2n) is 5.83. The number of carboxylic acid groups (broad SMARTS) is 1. The van der Waals surface area contributed by atoms with Gasteiger partial charge in [0, 0.05) is 32.7 Å². The summed E-state index contributed by atoms with van der Waals surface area (Å²) in [5.74, 6) is -0.591. The van der Waals surface area contributed by atoms with E-state index < -0.39 is 12.0 Å². The first kappa shape index (κ1) is 14.3. The van der Waals surface area contributed by atoms with Crippen LogP contribution < -0.4 is 5.32 Å². The van der Waals surface area contributed by atoms with Gasteiger partial charge in [0.15, 0.2) is 0 Å². The van der Waals surface area contributed by atoms with Gasteiger partial charge in [-0.1, -0.05) is 0 Å². The number of piperazine rings is 1. The van der Waals surface area contributed by atoms with Crippen molar-refractivity contribution >= 4 is 11.9 Å². The lowest BCUT2D eigenvalue weighted by Crippen LogP contribution is -2.55. The smallest absolute Gasteiger partial charge is 0.320 e. The Morgan fingerprint density at radius 1 is 1.26 bits per heavy atom. The predicted molar refractivity (Wildman–Crippen MR) is 70.8 cm³/mol. The Morgan fingerprint density at radius 2 is 1.89 bits per heavy atom. The highest BCUT2D eigenvalue weighted by Crippen LogP contribution is 2.27. The fraction of sp³-hybridized carbons (Fsp3) is 0.846. The average molecular weight is 269 g/mol. The number of rotatable bonds is 3. The Hall–Kier alpha value is -1.14. The zero-order chi connectivity index (χ0) is 14.0. The lowest BCUT2D eigenvalue weighted by molar-refractivity contribution is -0.146. The summed E-state index contributed by atoms with van der Waals surface area (Å²) in [6.45, 7) is 7.91. The molecule has 0 bridgehead atoms. The van der Waals surface area contributed by atoms with E-state index in [0.29, 0.717) is 26.2 Å². The molecule has 0 saturated carbocycles. The molecule has 0 aromatic rings. The Morgan fingerprint density at radius 3 is 2.37 bits per heavy atom. The summed E-state index contributed by atoms with van der Waals surface area (Å²) in [4.78, 5) is 27.2. The molecule has 2 fully saturated rings. The van der Waals surface area contributed by atoms with E-state index in [-0.39, 0.29) is 11.3 Å². The maximum Gasteiger partial charge on any atom is 0.320 e. The van der Waals surface area contributed by atoms with E-state index >= 15 is 0 Å². The third-order valence-corrected chi connectivity index (χ3v) is 4.39. The molecule has 2 aliphatic heterocycles. The summed E-state index contributed by atoms with van der Waals surface area (Å²) in [5, 5.41) is 12.2. The van der Waals surface area contributed by atoms with Gasteiger partial charge >= 0.3 is 5.97 Å². The molecule has 6 nitrogen and oxygen atoms in total. The fourth-order valence-electron chi connectivity index (χ4n) is 2.85. The molecule has 2 saturated heterocycles. The number of hydrogen-bond donors (Lipinski definition) is 2. The molecule has 2 heterocycles. The van der Waals surface area contributed by atoms with Gasteiger partial charge in [0.25, 0.3) is 0 Å². The molecule has 0 aromatic carbocycles. The normalized spacial score (nSPS) is 30.3. The predicted octanol–water partition coefficient (Wildman–Crippen LogP) is -0.397. The first-order valence-corrected chi connectivity index (χ1v) is 6.91. The Labute approximate surface area is 113 Å². The zero-order valence-corrected chi connectivity index (χ0v) is 11.7. The summed E-state index contributed by atoms with van der Waals surface area (Å²) in [7, 11) is 0. The van der Waals surface area contributed by atoms with Crippen LogP contribution in [0.25, 0.3) is 0 Å². The molecule has 2 N–H and O–H groups in total. The molecule has 108 valence electrons. The SMILES string of the molecule is CC(C(=O)O)N1CCN(C(=O)C2(C)CCNC2)CC1. The highest BCUT2D eigenvalue weighted by molar-refractivity contribution is 5.83. The van der Waals surface area contributed by atoms with Crippen LogP contribution in [0.2, 0.25) is 0 Å². The van der Waals surface area contributed by atoms with Gasteiger partial charge in [0.05, 0.1) is 5.41 Å². The Kier molecular flexibility index (Phi) is 4.10. The van der Waals surface area contributed by atoms with Gasteiger partial charge in [-0.3, -0.25) is 14.5 Å². The lowest BCUT2D eigenvalue weighted by Gasteiger charge is -2.39. The van der Waals surface area contributed by atoms with Crippen molar-refractivity contribution in [3.8, 4) is 0 Å². The van der Waals surface area contributed by atoms with Gasteiger partial charge < -0.3 is 15.3 Å². The zero-order valence-electron chi connectivity index (χ0n) is 11.7. The first-order valence-electron chi connectivity index (χ1n) is 6.91. The van der Waals surface area contributed by atoms with Crippen molar-refractivity contribution in [1.29, 1.82) is 0 Å². The number of nitrogens with zero attached hydrogens (tertiary/aromatic N) is 2. The molecule has 0 spiro atoms. The van der Waals surface area contributed by atoms with Crippen molar-refractivity contribution in [2.24, 2.45) is 5.41 Å². The number of carbonyl (C=O) groups is 2. The van der Waals surface area contributed by atoms with Crippen molar-refractivity contribution in [3.63, 3.8) is 0 Å². The Bertz CT molecular complexity index is 358. The van der Waals surface area contributed by atoms with Crippen LogP contribution in [0.1, 0.15) is 20.3 Å². The van der Waals surface area contributed by atoms with E-state index in [1.165, 1.54) is 0 Å². The number of nitrogens with one attached hydrogen (secondary N) is 1. The van der Waals surface area contributed by atoms with Gasteiger partial charge in [-0.25, -0.2) is 0 Å². The molecular weight excluding hydrogens is 246 g/mol. The first-order chi connectivity index (χ1) is 8.94. The van der Waals surface area contributed by atoms with Gasteiger partial charge in [-0.05, 0) is 26.8 Å². The van der Waals surface area contributed by atoms with Crippen LogP contribution in [0.4, 0.5) is 0 Å². The van der Waals surface area contributed by atoms with E-state index in [4.69, 9.17) is 5.11 Å². The highest BCUT2D eigenvalue weighted by atomic mass is 16.4. The third kappa shape index (κ3) is 2.90. The van der Waals surface area contributed by atoms with E-state index in [1.807, 2.05) is 16.7 Å². The highest BCUT2D eigenvalue weighted by Gasteiger charge is 2.40. The van der Waals surface area contributed by atoms with Gasteiger partial charge in [0.2, 0.25) is 5.91 Å². The third-order valence-electron chi connectivity index (χ3n) is 4.39. The minimum absolute atomic E-state index is 0.208. The molecule has 0 radical (unpaired) electrons. The molecule has 19 heavy (non-hydrogen) atoms. The van der Waals surface area contributed by atoms with Crippen LogP contribution in [0, 0.1) is 5.41 Å². The second-order valence-corrected chi connectivity index (χ2v) is 5.83. The van der Waals surface area contributed by atoms with E-state index in [0.717, 1.165) is 19.5 Å². The molecule has 0 aliphatic carbocycles. The van der Waals surface area contributed by atoms with Crippen LogP contribution in [0.15, 0.2) is 0 Å². The largest absolute Gasteiger partial charge is 0.480 e. The fourth-order valence-corrected chi connectivity index (χ4v) is 2.85. The molecule has 2 unspecified atom stereocenters. The molecule has 2 aliphatic rings. The number of carboxylic acids is 1. The summed E-state index contributed by atoms with van der Waals surface area (Å²) < 4.78 is 0. The van der Waals surface area contributed by atoms with Gasteiger partial charge in [-0.2, -0.15) is 0 Å². The summed E-state index contributed by atoms with van der Waals surface area (Å²) in [6.07, 6.45) is 0.886. The molecule has 0 aromatic heterocycles. The topological polar surface area (TPSA) is 72.9 Å². The summed E-state index contributed by atoms with van der Waals surface area (Å²) in [6, 6.07) is -0.471. The monoisotopic (exact) mass is 269 g/mol. The van der Waals surface area contributed by atoms with Crippen LogP contribution in [-0.4, -0.2) is 72.1 Å². The number of aliphatic carboxylic acids is 1. The summed E-state index contributed by atoms with van der Waals surface area (Å²) in [5.41, 5.74) is -0.277. The van der Waals surface area contributed by atoms with E-state index in [1.54, 1.807) is 6.92 Å². The number of amides is 1. The summed E-state index contributed by atoms with van der Waals surface area (Å²) >= 11 is 0. The molecule has 2 rings (SSSR count). The second kappa shape index (κ2) is 5.46. The van der Waals surface area contributed by atoms with Gasteiger partial charge in [0.1, 0.15) is 6.04 Å². The van der Waals surface area contributed by atoms with Gasteiger partial charge in [-0.15, -0.1) is 0 Å². The standard InChI is InChI=1S/C13H23N3O3/c1-10(11(17)18)15-5-7-16(8-6-15)12(19)13(2)3-4-14-9-13/h10,14H,3-9H2,1-2H3,(H,17,18). The molecular formula is C13H23N3O3. The van der Waals surface area contributed by atoms with E-state index in [2.05, 4.69) is 5.32 Å². The Balaban J connectivity index is 1.89. The van der Waals surface area contributed by atoms with Crippen molar-refractivity contribution in [2.75, 3.05) is 39.3 Å². The van der Waals surface area contributed by atoms with Crippen LogP contribution in [0.3, 0.4) is 0 Å². The van der Waals surface area contributed by atoms with E-state index in [9.17, 15) is 9.59 Å². The molecule has 6 heteroatoms. The van der Waals surface area contributed by atoms with Crippen molar-refractivity contribution < 1.29 is 14.7 Å². The van der Waals surface area contributed by atoms with Crippen molar-refractivity contribution in [1.82, 2.24) is 15.1 Å². The molecule has 2 atom stereocenters. The number of hydrogen-bond acceptors (Lipinski definition) is 4. The lowest BCUT2D eigenvalue weighted by atomic mass is 9.88. The number of carbonyl (C=O) groups excluding carboxylic acids is 1. The average Bonchev–Trinajstić information content (AvgIpc) is 2.85. The minimum Gasteiger partial charge on any atom is -0.480 e.